The Kier molecular flexibility index (Phi) is 3.14. The van der Waals surface area contributed by atoms with Crippen LogP contribution in [-0.2, 0) is 0 Å². The first-order valence-corrected chi connectivity index (χ1v) is 6.79. The summed E-state index contributed by atoms with van der Waals surface area (Å²) < 4.78 is 1.93. The minimum atomic E-state index is -0.192. The van der Waals surface area contributed by atoms with Crippen LogP contribution in [0.3, 0.4) is 0 Å². The predicted octanol–water partition coefficient (Wildman–Crippen LogP) is 1.79. The minimum absolute atomic E-state index is 0.192. The number of nitrogens with one attached hydrogen (secondary N) is 2. The summed E-state index contributed by atoms with van der Waals surface area (Å²) in [5.41, 5.74) is 7.12. The van der Waals surface area contributed by atoms with Gasteiger partial charge in [-0.3, -0.25) is 9.48 Å². The number of hydrogen-bond acceptors (Lipinski definition) is 4. The molecule has 3 rings (SSSR count). The lowest BCUT2D eigenvalue weighted by Gasteiger charge is -2.10. The molecule has 0 aromatic carbocycles. The van der Waals surface area contributed by atoms with Gasteiger partial charge >= 0.3 is 0 Å². The van der Waals surface area contributed by atoms with E-state index in [1.807, 2.05) is 10.7 Å². The van der Waals surface area contributed by atoms with Crippen molar-refractivity contribution < 1.29 is 0 Å². The van der Waals surface area contributed by atoms with Crippen molar-refractivity contribution in [1.29, 1.82) is 5.41 Å². The van der Waals surface area contributed by atoms with E-state index in [0.29, 0.717) is 22.7 Å². The summed E-state index contributed by atoms with van der Waals surface area (Å²) in [6.07, 6.45) is 8.62. The van der Waals surface area contributed by atoms with Crippen molar-refractivity contribution >= 4 is 22.7 Å². The maximum absolute atomic E-state index is 12.1. The standard InChI is InChI=1S/C14H17N5O/c15-7-9(8-16)13-12-11(5-6-17-14(12)20)19(18-13)10-3-1-2-4-10/h5-8,10,15H,1-4,16H2,(H,17,20)/b9-8+,15-7?. The third-order valence-corrected chi connectivity index (χ3v) is 3.91. The van der Waals surface area contributed by atoms with E-state index < -0.39 is 0 Å². The molecule has 1 saturated carbocycles. The summed E-state index contributed by atoms with van der Waals surface area (Å²) in [5, 5.41) is 12.5. The molecule has 2 aromatic rings. The third-order valence-electron chi connectivity index (χ3n) is 3.91. The molecule has 2 heterocycles. The summed E-state index contributed by atoms with van der Waals surface area (Å²) in [7, 11) is 0. The first-order valence-electron chi connectivity index (χ1n) is 6.79. The van der Waals surface area contributed by atoms with E-state index >= 15 is 0 Å². The Labute approximate surface area is 115 Å². The largest absolute Gasteiger partial charge is 0.404 e. The summed E-state index contributed by atoms with van der Waals surface area (Å²) in [5.74, 6) is 0. The van der Waals surface area contributed by atoms with Crippen LogP contribution in [0, 0.1) is 5.41 Å². The molecule has 0 radical (unpaired) electrons. The second-order valence-electron chi connectivity index (χ2n) is 5.06. The molecule has 0 aliphatic heterocycles. The fraction of sp³-hybridized carbons (Fsp3) is 0.357. The van der Waals surface area contributed by atoms with Gasteiger partial charge in [-0.15, -0.1) is 0 Å². The van der Waals surface area contributed by atoms with E-state index in [9.17, 15) is 4.79 Å². The van der Waals surface area contributed by atoms with Crippen molar-refractivity contribution in [3.8, 4) is 0 Å². The normalized spacial score (nSPS) is 16.9. The van der Waals surface area contributed by atoms with E-state index in [4.69, 9.17) is 11.1 Å². The van der Waals surface area contributed by atoms with Crippen LogP contribution in [0.25, 0.3) is 16.5 Å². The van der Waals surface area contributed by atoms with Gasteiger partial charge in [0, 0.05) is 24.2 Å². The van der Waals surface area contributed by atoms with E-state index in [1.165, 1.54) is 19.0 Å². The number of pyridine rings is 1. The Morgan fingerprint density at radius 2 is 2.25 bits per heavy atom. The monoisotopic (exact) mass is 271 g/mol. The molecule has 6 nitrogen and oxygen atoms in total. The Balaban J connectivity index is 2.30. The highest BCUT2D eigenvalue weighted by Crippen LogP contribution is 2.32. The lowest BCUT2D eigenvalue weighted by atomic mass is 10.1. The molecule has 1 aliphatic rings. The molecule has 0 atom stereocenters. The van der Waals surface area contributed by atoms with Gasteiger partial charge in [0.25, 0.3) is 5.56 Å². The van der Waals surface area contributed by atoms with Crippen molar-refractivity contribution in [2.75, 3.05) is 0 Å². The fourth-order valence-corrected chi connectivity index (χ4v) is 2.92. The maximum atomic E-state index is 12.1. The minimum Gasteiger partial charge on any atom is -0.404 e. The zero-order chi connectivity index (χ0) is 14.1. The molecule has 1 aliphatic carbocycles. The fourth-order valence-electron chi connectivity index (χ4n) is 2.92. The van der Waals surface area contributed by atoms with Crippen LogP contribution in [0.15, 0.2) is 23.3 Å². The van der Waals surface area contributed by atoms with Gasteiger partial charge in [0.05, 0.1) is 16.9 Å². The number of rotatable bonds is 3. The van der Waals surface area contributed by atoms with Gasteiger partial charge in [-0.1, -0.05) is 12.8 Å². The lowest BCUT2D eigenvalue weighted by Crippen LogP contribution is -2.08. The number of fused-ring (bicyclic) bond motifs is 1. The number of aromatic amines is 1. The smallest absolute Gasteiger partial charge is 0.259 e. The average molecular weight is 271 g/mol. The Bertz CT molecular complexity index is 734. The Hall–Kier alpha value is -2.37. The zero-order valence-electron chi connectivity index (χ0n) is 11.1. The molecule has 6 heteroatoms. The highest BCUT2D eigenvalue weighted by Gasteiger charge is 2.23. The van der Waals surface area contributed by atoms with Crippen molar-refractivity contribution in [2.24, 2.45) is 5.73 Å². The lowest BCUT2D eigenvalue weighted by molar-refractivity contribution is 0.481. The maximum Gasteiger partial charge on any atom is 0.259 e. The predicted molar refractivity (Wildman–Crippen MR) is 78.8 cm³/mol. The zero-order valence-corrected chi connectivity index (χ0v) is 11.1. The molecule has 2 aromatic heterocycles. The second-order valence-corrected chi connectivity index (χ2v) is 5.06. The van der Waals surface area contributed by atoms with Gasteiger partial charge in [-0.05, 0) is 18.9 Å². The van der Waals surface area contributed by atoms with Crippen LogP contribution in [0.5, 0.6) is 0 Å². The Morgan fingerprint density at radius 3 is 2.90 bits per heavy atom. The highest BCUT2D eigenvalue weighted by molar-refractivity contribution is 6.12. The molecule has 4 N–H and O–H groups in total. The van der Waals surface area contributed by atoms with E-state index in [-0.39, 0.29) is 5.56 Å². The molecular formula is C14H17N5O. The molecule has 20 heavy (non-hydrogen) atoms. The first-order chi connectivity index (χ1) is 9.76. The average Bonchev–Trinajstić information content (AvgIpc) is 3.08. The van der Waals surface area contributed by atoms with Crippen molar-refractivity contribution in [3.05, 3.63) is 34.5 Å². The van der Waals surface area contributed by atoms with Crippen molar-refractivity contribution in [3.63, 3.8) is 0 Å². The van der Waals surface area contributed by atoms with E-state index in [0.717, 1.165) is 24.6 Å². The van der Waals surface area contributed by atoms with Gasteiger partial charge in [-0.25, -0.2) is 0 Å². The summed E-state index contributed by atoms with van der Waals surface area (Å²) >= 11 is 0. The van der Waals surface area contributed by atoms with Crippen molar-refractivity contribution in [2.45, 2.75) is 31.7 Å². The van der Waals surface area contributed by atoms with Gasteiger partial charge in [0.1, 0.15) is 5.69 Å². The van der Waals surface area contributed by atoms with Crippen LogP contribution in [-0.4, -0.2) is 21.0 Å². The van der Waals surface area contributed by atoms with Gasteiger partial charge < -0.3 is 16.1 Å². The molecule has 0 amide bonds. The van der Waals surface area contributed by atoms with Gasteiger partial charge in [0.2, 0.25) is 0 Å². The van der Waals surface area contributed by atoms with Gasteiger partial charge in [0.15, 0.2) is 0 Å². The SMILES string of the molecule is N=C/C(=C\N)c1nn(C2CCCC2)c2cc[nH]c(=O)c12. The number of H-pyrrole nitrogens is 1. The summed E-state index contributed by atoms with van der Waals surface area (Å²) in [6.45, 7) is 0. The number of nitrogens with zero attached hydrogens (tertiary/aromatic N) is 2. The number of aromatic nitrogens is 3. The summed E-state index contributed by atoms with van der Waals surface area (Å²) in [4.78, 5) is 14.8. The molecule has 0 saturated heterocycles. The topological polar surface area (TPSA) is 101 Å². The molecule has 1 fully saturated rings. The molecule has 104 valence electrons. The number of nitrogens with two attached hydrogens (primary N) is 1. The summed E-state index contributed by atoms with van der Waals surface area (Å²) in [6, 6.07) is 2.20. The third kappa shape index (κ3) is 1.84. The molecule has 0 unspecified atom stereocenters. The van der Waals surface area contributed by atoms with Crippen LogP contribution >= 0.6 is 0 Å². The van der Waals surface area contributed by atoms with Crippen LogP contribution < -0.4 is 11.3 Å². The van der Waals surface area contributed by atoms with Crippen LogP contribution in [0.2, 0.25) is 0 Å². The highest BCUT2D eigenvalue weighted by atomic mass is 16.1. The van der Waals surface area contributed by atoms with E-state index in [2.05, 4.69) is 10.1 Å². The first kappa shape index (κ1) is 12.7. The Morgan fingerprint density at radius 1 is 1.50 bits per heavy atom. The molecular weight excluding hydrogens is 254 g/mol. The quantitative estimate of drug-likeness (QED) is 0.742. The second kappa shape index (κ2) is 4.96. The number of allylic oxidation sites excluding steroid dienone is 1. The van der Waals surface area contributed by atoms with Gasteiger partial charge in [-0.2, -0.15) is 5.10 Å². The van der Waals surface area contributed by atoms with Crippen molar-refractivity contribution in [1.82, 2.24) is 14.8 Å². The molecule has 0 spiro atoms. The van der Waals surface area contributed by atoms with Crippen LogP contribution in [0.4, 0.5) is 0 Å². The number of hydrogen-bond donors (Lipinski definition) is 3. The molecule has 0 bridgehead atoms. The van der Waals surface area contributed by atoms with Crippen LogP contribution in [0.1, 0.15) is 37.4 Å². The van der Waals surface area contributed by atoms with E-state index in [1.54, 1.807) is 6.20 Å².